The summed E-state index contributed by atoms with van der Waals surface area (Å²) in [6, 6.07) is 4.99. The van der Waals surface area contributed by atoms with Crippen molar-refractivity contribution in [1.29, 1.82) is 0 Å². The zero-order valence-corrected chi connectivity index (χ0v) is 12.3. The maximum Gasteiger partial charge on any atom is 0.242 e. The van der Waals surface area contributed by atoms with E-state index in [0.29, 0.717) is 12.2 Å². The Morgan fingerprint density at radius 2 is 1.88 bits per heavy atom. The van der Waals surface area contributed by atoms with E-state index >= 15 is 0 Å². The second-order valence-electron chi connectivity index (χ2n) is 6.14. The highest BCUT2D eigenvalue weighted by molar-refractivity contribution is 6.70. The predicted molar refractivity (Wildman–Crippen MR) is 72.3 cm³/mol. The lowest BCUT2D eigenvalue weighted by atomic mass is 9.96. The smallest absolute Gasteiger partial charge is 0.242 e. The van der Waals surface area contributed by atoms with Crippen LogP contribution in [0.15, 0.2) is 18.2 Å². The van der Waals surface area contributed by atoms with Gasteiger partial charge in [-0.15, -0.1) is 0 Å². The first-order valence-corrected chi connectivity index (χ1v) is 9.24. The summed E-state index contributed by atoms with van der Waals surface area (Å²) < 4.78 is 19.3. The summed E-state index contributed by atoms with van der Waals surface area (Å²) in [5.74, 6) is 0.0527. The first-order valence-electron chi connectivity index (χ1n) is 5.83. The molecule has 96 valence electrons. The van der Waals surface area contributed by atoms with Crippen LogP contribution in [-0.2, 0) is 6.42 Å². The third-order valence-corrected chi connectivity index (χ3v) is 2.90. The molecule has 1 aromatic rings. The molecule has 0 aliphatic carbocycles. The third-order valence-electron chi connectivity index (χ3n) is 2.07. The van der Waals surface area contributed by atoms with Crippen molar-refractivity contribution in [2.45, 2.75) is 45.4 Å². The Bertz CT molecular complexity index is 393. The minimum atomic E-state index is -1.78. The summed E-state index contributed by atoms with van der Waals surface area (Å²) in [6.45, 7) is 10.0. The van der Waals surface area contributed by atoms with E-state index < -0.39 is 8.32 Å². The van der Waals surface area contributed by atoms with Crippen molar-refractivity contribution in [3.05, 3.63) is 29.6 Å². The van der Waals surface area contributed by atoms with Crippen molar-refractivity contribution < 1.29 is 8.82 Å². The standard InChI is InChI=1S/C13H22FNOSi/c1-13(2,15)9-10-6-7-11(14)12(8-10)16-17(3,4)5/h6-8H,9,15H2,1-5H3. The Balaban J connectivity index is 2.95. The van der Waals surface area contributed by atoms with Crippen LogP contribution < -0.4 is 10.2 Å². The van der Waals surface area contributed by atoms with Gasteiger partial charge in [0.1, 0.15) is 5.75 Å². The van der Waals surface area contributed by atoms with Gasteiger partial charge in [-0.1, -0.05) is 6.07 Å². The lowest BCUT2D eigenvalue weighted by Crippen LogP contribution is -2.34. The van der Waals surface area contributed by atoms with Gasteiger partial charge >= 0.3 is 0 Å². The maximum absolute atomic E-state index is 13.6. The summed E-state index contributed by atoms with van der Waals surface area (Å²) in [5.41, 5.74) is 6.67. The monoisotopic (exact) mass is 255 g/mol. The van der Waals surface area contributed by atoms with Gasteiger partial charge in [-0.05, 0) is 57.6 Å². The van der Waals surface area contributed by atoms with Crippen molar-refractivity contribution in [1.82, 2.24) is 0 Å². The molecule has 4 heteroatoms. The molecule has 1 aromatic carbocycles. The summed E-state index contributed by atoms with van der Waals surface area (Å²) in [7, 11) is -1.78. The molecular formula is C13H22FNOSi. The highest BCUT2D eigenvalue weighted by Crippen LogP contribution is 2.23. The molecule has 0 unspecified atom stereocenters. The molecule has 0 amide bonds. The number of hydrogen-bond donors (Lipinski definition) is 1. The summed E-state index contributed by atoms with van der Waals surface area (Å²) in [6.07, 6.45) is 0.704. The van der Waals surface area contributed by atoms with Crippen molar-refractivity contribution in [3.8, 4) is 5.75 Å². The van der Waals surface area contributed by atoms with Gasteiger partial charge in [0.25, 0.3) is 0 Å². The Labute approximate surface area is 104 Å². The normalized spacial score (nSPS) is 12.6. The fourth-order valence-electron chi connectivity index (χ4n) is 1.59. The molecule has 0 fully saturated rings. The lowest BCUT2D eigenvalue weighted by Gasteiger charge is -2.22. The van der Waals surface area contributed by atoms with E-state index in [1.807, 2.05) is 33.5 Å². The fourth-order valence-corrected chi connectivity index (χ4v) is 2.41. The zero-order chi connectivity index (χ0) is 13.3. The van der Waals surface area contributed by atoms with E-state index in [4.69, 9.17) is 10.2 Å². The Morgan fingerprint density at radius 1 is 1.29 bits per heavy atom. The van der Waals surface area contributed by atoms with Crippen LogP contribution in [-0.4, -0.2) is 13.9 Å². The number of rotatable bonds is 4. The Kier molecular flexibility index (Phi) is 3.99. The fraction of sp³-hybridized carbons (Fsp3) is 0.538. The zero-order valence-electron chi connectivity index (χ0n) is 11.3. The first-order chi connectivity index (χ1) is 7.57. The van der Waals surface area contributed by atoms with Gasteiger partial charge in [-0.2, -0.15) is 0 Å². The molecule has 0 spiro atoms. The van der Waals surface area contributed by atoms with Gasteiger partial charge in [-0.25, -0.2) is 4.39 Å². The van der Waals surface area contributed by atoms with Crippen molar-refractivity contribution in [3.63, 3.8) is 0 Å². The van der Waals surface area contributed by atoms with E-state index in [2.05, 4.69) is 0 Å². The molecule has 0 aromatic heterocycles. The average Bonchev–Trinajstić information content (AvgIpc) is 2.05. The molecule has 2 N–H and O–H groups in total. The van der Waals surface area contributed by atoms with Gasteiger partial charge in [0.2, 0.25) is 8.32 Å². The molecule has 0 heterocycles. The average molecular weight is 255 g/mol. The van der Waals surface area contributed by atoms with Crippen LogP contribution in [0, 0.1) is 5.82 Å². The van der Waals surface area contributed by atoms with Gasteiger partial charge in [0, 0.05) is 5.54 Å². The van der Waals surface area contributed by atoms with Crippen LogP contribution >= 0.6 is 0 Å². The predicted octanol–water partition coefficient (Wildman–Crippen LogP) is 3.32. The van der Waals surface area contributed by atoms with E-state index in [1.54, 1.807) is 12.1 Å². The van der Waals surface area contributed by atoms with Gasteiger partial charge in [0.05, 0.1) is 0 Å². The summed E-state index contributed by atoms with van der Waals surface area (Å²) in [4.78, 5) is 0. The van der Waals surface area contributed by atoms with Crippen molar-refractivity contribution in [2.24, 2.45) is 5.73 Å². The highest BCUT2D eigenvalue weighted by Gasteiger charge is 2.19. The molecule has 0 saturated carbocycles. The molecule has 1 rings (SSSR count). The quantitative estimate of drug-likeness (QED) is 0.838. The summed E-state index contributed by atoms with van der Waals surface area (Å²) >= 11 is 0. The molecule has 0 aliphatic rings. The lowest BCUT2D eigenvalue weighted by molar-refractivity contribution is 0.488. The number of benzene rings is 1. The molecule has 0 radical (unpaired) electrons. The number of nitrogens with two attached hydrogens (primary N) is 1. The minimum Gasteiger partial charge on any atom is -0.542 e. The van der Waals surface area contributed by atoms with E-state index in [1.165, 1.54) is 6.07 Å². The maximum atomic E-state index is 13.6. The molecule has 0 aliphatic heterocycles. The number of halogens is 1. The van der Waals surface area contributed by atoms with E-state index in [-0.39, 0.29) is 11.4 Å². The van der Waals surface area contributed by atoms with Crippen LogP contribution in [0.5, 0.6) is 5.75 Å². The van der Waals surface area contributed by atoms with Crippen LogP contribution in [0.25, 0.3) is 0 Å². The van der Waals surface area contributed by atoms with Crippen LogP contribution in [0.1, 0.15) is 19.4 Å². The number of hydrogen-bond acceptors (Lipinski definition) is 2. The first kappa shape index (κ1) is 14.2. The molecule has 2 nitrogen and oxygen atoms in total. The van der Waals surface area contributed by atoms with Crippen molar-refractivity contribution in [2.75, 3.05) is 0 Å². The topological polar surface area (TPSA) is 35.2 Å². The van der Waals surface area contributed by atoms with E-state index in [9.17, 15) is 4.39 Å². The molecular weight excluding hydrogens is 233 g/mol. The minimum absolute atomic E-state index is 0.297. The van der Waals surface area contributed by atoms with Crippen LogP contribution in [0.2, 0.25) is 19.6 Å². The van der Waals surface area contributed by atoms with Gasteiger partial charge < -0.3 is 10.2 Å². The van der Waals surface area contributed by atoms with E-state index in [0.717, 1.165) is 5.56 Å². The van der Waals surface area contributed by atoms with Gasteiger partial charge in [-0.3, -0.25) is 0 Å². The molecule has 0 saturated heterocycles. The largest absolute Gasteiger partial charge is 0.542 e. The Hall–Kier alpha value is -0.873. The molecule has 0 atom stereocenters. The molecule has 0 bridgehead atoms. The SMILES string of the molecule is CC(C)(N)Cc1ccc(F)c(O[Si](C)(C)C)c1. The third kappa shape index (κ3) is 5.32. The highest BCUT2D eigenvalue weighted by atomic mass is 28.4. The van der Waals surface area contributed by atoms with Crippen LogP contribution in [0.3, 0.4) is 0 Å². The summed E-state index contributed by atoms with van der Waals surface area (Å²) in [5, 5.41) is 0. The molecule has 17 heavy (non-hydrogen) atoms. The van der Waals surface area contributed by atoms with Crippen LogP contribution in [0.4, 0.5) is 4.39 Å². The second-order valence-corrected chi connectivity index (χ2v) is 10.6. The Morgan fingerprint density at radius 3 is 2.35 bits per heavy atom. The second kappa shape index (κ2) is 4.78. The van der Waals surface area contributed by atoms with Crippen molar-refractivity contribution >= 4 is 8.32 Å². The van der Waals surface area contributed by atoms with Gasteiger partial charge in [0.15, 0.2) is 5.82 Å².